The van der Waals surface area contributed by atoms with Crippen molar-refractivity contribution in [1.29, 1.82) is 0 Å². The van der Waals surface area contributed by atoms with Crippen LogP contribution in [0.2, 0.25) is 0 Å². The highest BCUT2D eigenvalue weighted by molar-refractivity contribution is 5.83. The maximum atomic E-state index is 11.9. The van der Waals surface area contributed by atoms with Crippen LogP contribution < -0.4 is 0 Å². The van der Waals surface area contributed by atoms with Crippen LogP contribution >= 0.6 is 0 Å². The second kappa shape index (κ2) is 11.7. The molecule has 0 saturated carbocycles. The van der Waals surface area contributed by atoms with Crippen molar-refractivity contribution in [2.24, 2.45) is 5.92 Å². The molecule has 1 N–H and O–H groups in total. The predicted molar refractivity (Wildman–Crippen MR) is 122 cm³/mol. The number of amides is 2. The Hall–Kier alpha value is -2.56. The summed E-state index contributed by atoms with van der Waals surface area (Å²) >= 11 is 0. The van der Waals surface area contributed by atoms with Gasteiger partial charge in [0.25, 0.3) is 0 Å². The molecule has 0 aromatic carbocycles. The smallest absolute Gasteiger partial charge is 0.411 e. The zero-order valence-electron chi connectivity index (χ0n) is 21.7. The first-order chi connectivity index (χ1) is 15.5. The summed E-state index contributed by atoms with van der Waals surface area (Å²) < 4.78 is 19.7. The molecule has 2 aliphatic rings. The zero-order chi connectivity index (χ0) is 26.4. The van der Waals surface area contributed by atoms with Crippen molar-refractivity contribution in [3.05, 3.63) is 0 Å². The van der Waals surface area contributed by atoms with Gasteiger partial charge in [0.1, 0.15) is 23.3 Å². The molecular weight excluding hydrogens is 448 g/mol. The van der Waals surface area contributed by atoms with E-state index in [2.05, 4.69) is 4.74 Å². The summed E-state index contributed by atoms with van der Waals surface area (Å²) in [7, 11) is 2.58. The lowest BCUT2D eigenvalue weighted by Gasteiger charge is -2.27. The fourth-order valence-corrected chi connectivity index (χ4v) is 3.62. The molecule has 4 atom stereocenters. The number of rotatable bonds is 2. The highest BCUT2D eigenvalue weighted by atomic mass is 16.6. The molecular formula is C23H40N2O9. The Balaban J connectivity index is 0.000000340. The number of likely N-dealkylation sites (tertiary alicyclic amines) is 2. The maximum Gasteiger partial charge on any atom is 0.411 e. The van der Waals surface area contributed by atoms with Gasteiger partial charge in [-0.3, -0.25) is 9.80 Å². The Kier molecular flexibility index (Phi) is 10.2. The summed E-state index contributed by atoms with van der Waals surface area (Å²) in [6.07, 6.45) is -0.953. The average Bonchev–Trinajstić information content (AvgIpc) is 3.27. The standard InChI is InChI=1S/C12H21NO4.C11H19NO5/c1-8-6-9(10(14)16-5)13(7-8)11(15)17-12(2,3)4;1-11(2,3)17-10(15)12-6-7(13)5-8(12)9(14)16-4/h8-9H,6-7H2,1-5H3;7-8,13H,5-6H2,1-4H3/t8-,9+;7-,8+/m00/s1. The molecule has 2 saturated heterocycles. The van der Waals surface area contributed by atoms with Crippen molar-refractivity contribution >= 4 is 24.1 Å². The molecule has 0 spiro atoms. The van der Waals surface area contributed by atoms with Crippen molar-refractivity contribution in [1.82, 2.24) is 9.80 Å². The van der Waals surface area contributed by atoms with Crippen LogP contribution in [0, 0.1) is 5.92 Å². The third kappa shape index (κ3) is 9.00. The molecule has 0 aromatic rings. The Labute approximate surface area is 201 Å². The van der Waals surface area contributed by atoms with Gasteiger partial charge in [0.05, 0.1) is 26.9 Å². The molecule has 34 heavy (non-hydrogen) atoms. The molecule has 0 bridgehead atoms. The van der Waals surface area contributed by atoms with Crippen LogP contribution in [0.15, 0.2) is 0 Å². The number of nitrogens with zero attached hydrogens (tertiary/aromatic N) is 2. The van der Waals surface area contributed by atoms with E-state index in [9.17, 15) is 24.3 Å². The van der Waals surface area contributed by atoms with E-state index in [1.807, 2.05) is 6.92 Å². The Bertz CT molecular complexity index is 680. The quantitative estimate of drug-likeness (QED) is 0.459. The van der Waals surface area contributed by atoms with E-state index < -0.39 is 47.5 Å². The first kappa shape index (κ1) is 29.5. The van der Waals surface area contributed by atoms with Crippen molar-refractivity contribution in [2.45, 2.75) is 90.7 Å². The average molecular weight is 489 g/mol. The van der Waals surface area contributed by atoms with E-state index in [4.69, 9.17) is 14.2 Å². The first-order valence-electron chi connectivity index (χ1n) is 11.3. The van der Waals surface area contributed by atoms with Crippen LogP contribution in [-0.4, -0.2) is 95.7 Å². The lowest BCUT2D eigenvalue weighted by molar-refractivity contribution is -0.146. The van der Waals surface area contributed by atoms with Crippen LogP contribution in [-0.2, 0) is 28.5 Å². The number of β-amino-alcohol motifs (C(OH)–C–C–N with tert-alkyl or cyclic N) is 1. The Morgan fingerprint density at radius 2 is 1.12 bits per heavy atom. The van der Waals surface area contributed by atoms with E-state index in [1.54, 1.807) is 41.5 Å². The molecule has 0 aromatic heterocycles. The third-order valence-electron chi connectivity index (χ3n) is 4.99. The second-order valence-electron chi connectivity index (χ2n) is 10.6. The number of methoxy groups -OCH3 is 2. The van der Waals surface area contributed by atoms with Crippen molar-refractivity contribution in [2.75, 3.05) is 27.3 Å². The lowest BCUT2D eigenvalue weighted by atomic mass is 10.1. The Morgan fingerprint density at radius 3 is 1.50 bits per heavy atom. The van der Waals surface area contributed by atoms with Gasteiger partial charge in [-0.15, -0.1) is 0 Å². The minimum Gasteiger partial charge on any atom is -0.467 e. The fraction of sp³-hybridized carbons (Fsp3) is 0.826. The van der Waals surface area contributed by atoms with Gasteiger partial charge in [-0.1, -0.05) is 6.92 Å². The molecule has 0 aliphatic carbocycles. The number of ether oxygens (including phenoxy) is 4. The number of carbonyl (C=O) groups is 4. The van der Waals surface area contributed by atoms with Crippen LogP contribution in [0.5, 0.6) is 0 Å². The number of hydrogen-bond donors (Lipinski definition) is 1. The van der Waals surface area contributed by atoms with E-state index in [-0.39, 0.29) is 24.9 Å². The topological polar surface area (TPSA) is 132 Å². The van der Waals surface area contributed by atoms with E-state index in [1.165, 1.54) is 24.0 Å². The monoisotopic (exact) mass is 488 g/mol. The minimum atomic E-state index is -0.759. The largest absolute Gasteiger partial charge is 0.467 e. The van der Waals surface area contributed by atoms with Crippen molar-refractivity contribution in [3.63, 3.8) is 0 Å². The molecule has 0 radical (unpaired) electrons. The molecule has 2 amide bonds. The van der Waals surface area contributed by atoms with Gasteiger partial charge >= 0.3 is 24.1 Å². The molecule has 11 nitrogen and oxygen atoms in total. The van der Waals surface area contributed by atoms with Crippen molar-refractivity contribution in [3.8, 4) is 0 Å². The number of aliphatic hydroxyl groups is 1. The maximum absolute atomic E-state index is 11.9. The number of hydrogen-bond acceptors (Lipinski definition) is 9. The normalized spacial score (nSPS) is 24.6. The van der Waals surface area contributed by atoms with Gasteiger partial charge in [0.2, 0.25) is 0 Å². The summed E-state index contributed by atoms with van der Waals surface area (Å²) in [6.45, 7) is 13.3. The SMILES string of the molecule is COC(=O)[C@H]1C[C@H](C)CN1C(=O)OC(C)(C)C.COC(=O)[C@H]1C[C@H](O)CN1C(=O)OC(C)(C)C. The van der Waals surface area contributed by atoms with Gasteiger partial charge in [-0.25, -0.2) is 19.2 Å². The van der Waals surface area contributed by atoms with Crippen LogP contribution in [0.25, 0.3) is 0 Å². The number of carbonyl (C=O) groups excluding carboxylic acids is 4. The van der Waals surface area contributed by atoms with Gasteiger partial charge in [0.15, 0.2) is 0 Å². The minimum absolute atomic E-state index is 0.0919. The second-order valence-corrected chi connectivity index (χ2v) is 10.6. The van der Waals surface area contributed by atoms with E-state index in [0.29, 0.717) is 13.0 Å². The molecule has 11 heteroatoms. The highest BCUT2D eigenvalue weighted by Crippen LogP contribution is 2.26. The summed E-state index contributed by atoms with van der Waals surface area (Å²) in [5, 5.41) is 9.50. The van der Waals surface area contributed by atoms with E-state index in [0.717, 1.165) is 0 Å². The zero-order valence-corrected chi connectivity index (χ0v) is 21.7. The van der Waals surface area contributed by atoms with Crippen LogP contribution in [0.1, 0.15) is 61.3 Å². The summed E-state index contributed by atoms with van der Waals surface area (Å²) in [5.74, 6) is -0.626. The summed E-state index contributed by atoms with van der Waals surface area (Å²) in [5.41, 5.74) is -1.19. The van der Waals surface area contributed by atoms with E-state index >= 15 is 0 Å². The van der Waals surface area contributed by atoms with Gasteiger partial charge in [-0.2, -0.15) is 0 Å². The predicted octanol–water partition coefficient (Wildman–Crippen LogP) is 2.33. The van der Waals surface area contributed by atoms with Gasteiger partial charge < -0.3 is 24.1 Å². The summed E-state index contributed by atoms with van der Waals surface area (Å²) in [6, 6.07) is -1.27. The molecule has 2 rings (SSSR count). The fourth-order valence-electron chi connectivity index (χ4n) is 3.62. The van der Waals surface area contributed by atoms with Gasteiger partial charge in [0, 0.05) is 13.0 Å². The molecule has 2 heterocycles. The summed E-state index contributed by atoms with van der Waals surface area (Å²) in [4.78, 5) is 49.5. The molecule has 0 unspecified atom stereocenters. The first-order valence-corrected chi connectivity index (χ1v) is 11.3. The lowest BCUT2D eigenvalue weighted by Crippen LogP contribution is -2.43. The number of esters is 2. The Morgan fingerprint density at radius 1 is 0.735 bits per heavy atom. The van der Waals surface area contributed by atoms with Crippen LogP contribution in [0.3, 0.4) is 0 Å². The molecule has 196 valence electrons. The van der Waals surface area contributed by atoms with Crippen LogP contribution in [0.4, 0.5) is 9.59 Å². The highest BCUT2D eigenvalue weighted by Gasteiger charge is 2.42. The van der Waals surface area contributed by atoms with Gasteiger partial charge in [-0.05, 0) is 53.9 Å². The third-order valence-corrected chi connectivity index (χ3v) is 4.99. The number of aliphatic hydroxyl groups excluding tert-OH is 1. The molecule has 2 fully saturated rings. The molecule has 2 aliphatic heterocycles. The van der Waals surface area contributed by atoms with Crippen molar-refractivity contribution < 1.29 is 43.2 Å².